The van der Waals surface area contributed by atoms with Crippen molar-refractivity contribution in [1.82, 2.24) is 9.97 Å². The average molecular weight is 336 g/mol. The Balaban J connectivity index is 2.35. The molecule has 0 fully saturated rings. The Hall–Kier alpha value is -1.16. The number of rotatable bonds is 7. The third kappa shape index (κ3) is 3.69. The summed E-state index contributed by atoms with van der Waals surface area (Å²) in [6, 6.07) is 4.12. The zero-order chi connectivity index (χ0) is 14.4. The number of hydrogen-bond acceptors (Lipinski definition) is 3. The summed E-state index contributed by atoms with van der Waals surface area (Å²) < 4.78 is 0.975. The standard InChI is InChI=1S/C16H22BrN3/c1-3-5-9-20(10-6-4-2)15-7-8-18-14-11-13(17)12-19-16(14)15/h7-8,11-12H,3-6,9-10H2,1-2H3. The minimum absolute atomic E-state index is 0.954. The third-order valence-electron chi connectivity index (χ3n) is 3.43. The first-order chi connectivity index (χ1) is 9.76. The minimum Gasteiger partial charge on any atom is -0.370 e. The highest BCUT2D eigenvalue weighted by Crippen LogP contribution is 2.26. The van der Waals surface area contributed by atoms with Crippen molar-refractivity contribution in [2.45, 2.75) is 39.5 Å². The maximum absolute atomic E-state index is 4.57. The van der Waals surface area contributed by atoms with Gasteiger partial charge in [-0.1, -0.05) is 26.7 Å². The molecule has 0 aliphatic heterocycles. The number of pyridine rings is 2. The zero-order valence-electron chi connectivity index (χ0n) is 12.3. The Morgan fingerprint density at radius 2 is 1.80 bits per heavy atom. The third-order valence-corrected chi connectivity index (χ3v) is 3.86. The molecule has 0 saturated heterocycles. The van der Waals surface area contributed by atoms with Crippen LogP contribution in [0, 0.1) is 0 Å². The van der Waals surface area contributed by atoms with Gasteiger partial charge in [-0.25, -0.2) is 0 Å². The molecular formula is C16H22BrN3. The van der Waals surface area contributed by atoms with Gasteiger partial charge in [-0.15, -0.1) is 0 Å². The van der Waals surface area contributed by atoms with Crippen molar-refractivity contribution in [2.24, 2.45) is 0 Å². The molecule has 0 radical (unpaired) electrons. The van der Waals surface area contributed by atoms with Gasteiger partial charge in [0.2, 0.25) is 0 Å². The summed E-state index contributed by atoms with van der Waals surface area (Å²) >= 11 is 3.46. The lowest BCUT2D eigenvalue weighted by atomic mass is 10.2. The number of fused-ring (bicyclic) bond motifs is 1. The fourth-order valence-corrected chi connectivity index (χ4v) is 2.62. The van der Waals surface area contributed by atoms with Gasteiger partial charge in [0.15, 0.2) is 0 Å². The number of nitrogens with zero attached hydrogens (tertiary/aromatic N) is 3. The molecule has 0 atom stereocenters. The maximum Gasteiger partial charge on any atom is 0.112 e. The molecule has 0 saturated carbocycles. The highest BCUT2D eigenvalue weighted by atomic mass is 79.9. The Morgan fingerprint density at radius 3 is 2.45 bits per heavy atom. The van der Waals surface area contributed by atoms with Crippen LogP contribution in [0.3, 0.4) is 0 Å². The summed E-state index contributed by atoms with van der Waals surface area (Å²) in [6.45, 7) is 6.65. The summed E-state index contributed by atoms with van der Waals surface area (Å²) in [4.78, 5) is 11.4. The largest absolute Gasteiger partial charge is 0.370 e. The highest BCUT2D eigenvalue weighted by molar-refractivity contribution is 9.10. The Kier molecular flexibility index (Phi) is 5.77. The second-order valence-electron chi connectivity index (χ2n) is 5.05. The van der Waals surface area contributed by atoms with E-state index in [1.807, 2.05) is 18.5 Å². The molecule has 108 valence electrons. The van der Waals surface area contributed by atoms with Gasteiger partial charge < -0.3 is 4.90 Å². The summed E-state index contributed by atoms with van der Waals surface area (Å²) in [6.07, 6.45) is 8.59. The van der Waals surface area contributed by atoms with Gasteiger partial charge in [0.25, 0.3) is 0 Å². The van der Waals surface area contributed by atoms with Crippen molar-refractivity contribution in [3.8, 4) is 0 Å². The SMILES string of the molecule is CCCCN(CCCC)c1ccnc2cc(Br)cnc12. The second kappa shape index (κ2) is 7.58. The lowest BCUT2D eigenvalue weighted by molar-refractivity contribution is 0.679. The number of unbranched alkanes of at least 4 members (excludes halogenated alkanes) is 2. The number of halogens is 1. The van der Waals surface area contributed by atoms with Gasteiger partial charge in [0, 0.05) is 30.0 Å². The molecule has 0 bridgehead atoms. The van der Waals surface area contributed by atoms with E-state index >= 15 is 0 Å². The number of anilines is 1. The van der Waals surface area contributed by atoms with Crippen LogP contribution >= 0.6 is 15.9 Å². The van der Waals surface area contributed by atoms with Gasteiger partial charge in [0.05, 0.1) is 11.2 Å². The van der Waals surface area contributed by atoms with Crippen molar-refractivity contribution in [3.63, 3.8) is 0 Å². The van der Waals surface area contributed by atoms with E-state index in [4.69, 9.17) is 0 Å². The first kappa shape index (κ1) is 15.2. The molecule has 0 N–H and O–H groups in total. The predicted molar refractivity (Wildman–Crippen MR) is 89.3 cm³/mol. The molecule has 4 heteroatoms. The molecule has 2 aromatic heterocycles. The van der Waals surface area contributed by atoms with Crippen molar-refractivity contribution in [2.75, 3.05) is 18.0 Å². The quantitative estimate of drug-likeness (QED) is 0.727. The van der Waals surface area contributed by atoms with E-state index < -0.39 is 0 Å². The minimum atomic E-state index is 0.954. The molecular weight excluding hydrogens is 314 g/mol. The molecule has 2 rings (SSSR count). The van der Waals surface area contributed by atoms with Gasteiger partial charge in [0.1, 0.15) is 5.52 Å². The van der Waals surface area contributed by atoms with E-state index in [2.05, 4.69) is 50.7 Å². The van der Waals surface area contributed by atoms with E-state index in [1.165, 1.54) is 31.4 Å². The van der Waals surface area contributed by atoms with E-state index in [1.54, 1.807) is 0 Å². The average Bonchev–Trinajstić information content (AvgIpc) is 2.47. The second-order valence-corrected chi connectivity index (χ2v) is 5.96. The summed E-state index contributed by atoms with van der Waals surface area (Å²) in [7, 11) is 0. The lowest BCUT2D eigenvalue weighted by Gasteiger charge is -2.25. The van der Waals surface area contributed by atoms with Crippen LogP contribution < -0.4 is 4.90 Å². The lowest BCUT2D eigenvalue weighted by Crippen LogP contribution is -2.26. The highest BCUT2D eigenvalue weighted by Gasteiger charge is 2.11. The van der Waals surface area contributed by atoms with Crippen LogP contribution in [-0.4, -0.2) is 23.1 Å². The fraction of sp³-hybridized carbons (Fsp3) is 0.500. The normalized spacial score (nSPS) is 10.9. The van der Waals surface area contributed by atoms with Gasteiger partial charge >= 0.3 is 0 Å². The van der Waals surface area contributed by atoms with Crippen molar-refractivity contribution >= 4 is 32.7 Å². The molecule has 0 aliphatic carbocycles. The molecule has 2 heterocycles. The predicted octanol–water partition coefficient (Wildman–Crippen LogP) is 4.80. The van der Waals surface area contributed by atoms with Crippen molar-refractivity contribution in [3.05, 3.63) is 29.0 Å². The van der Waals surface area contributed by atoms with E-state index in [0.29, 0.717) is 0 Å². The van der Waals surface area contributed by atoms with E-state index in [9.17, 15) is 0 Å². The van der Waals surface area contributed by atoms with E-state index in [-0.39, 0.29) is 0 Å². The monoisotopic (exact) mass is 335 g/mol. The summed E-state index contributed by atoms with van der Waals surface area (Å²) in [5.74, 6) is 0. The molecule has 2 aromatic rings. The molecule has 0 spiro atoms. The Bertz CT molecular complexity index is 548. The first-order valence-electron chi connectivity index (χ1n) is 7.41. The van der Waals surface area contributed by atoms with Crippen LogP contribution in [0.25, 0.3) is 11.0 Å². The fourth-order valence-electron chi connectivity index (χ4n) is 2.30. The van der Waals surface area contributed by atoms with Crippen LogP contribution in [0.1, 0.15) is 39.5 Å². The number of hydrogen-bond donors (Lipinski definition) is 0. The van der Waals surface area contributed by atoms with Crippen molar-refractivity contribution < 1.29 is 0 Å². The zero-order valence-corrected chi connectivity index (χ0v) is 13.9. The summed E-state index contributed by atoms with van der Waals surface area (Å²) in [5, 5.41) is 0. The smallest absolute Gasteiger partial charge is 0.112 e. The number of aromatic nitrogens is 2. The van der Waals surface area contributed by atoms with Crippen LogP contribution in [-0.2, 0) is 0 Å². The van der Waals surface area contributed by atoms with Gasteiger partial charge in [-0.3, -0.25) is 9.97 Å². The first-order valence-corrected chi connectivity index (χ1v) is 8.20. The molecule has 20 heavy (non-hydrogen) atoms. The van der Waals surface area contributed by atoms with Gasteiger partial charge in [-0.05, 0) is 40.9 Å². The van der Waals surface area contributed by atoms with Gasteiger partial charge in [-0.2, -0.15) is 0 Å². The molecule has 0 unspecified atom stereocenters. The Labute approximate surface area is 129 Å². The van der Waals surface area contributed by atoms with E-state index in [0.717, 1.165) is 28.6 Å². The van der Waals surface area contributed by atoms with Crippen LogP contribution in [0.5, 0.6) is 0 Å². The topological polar surface area (TPSA) is 29.0 Å². The summed E-state index contributed by atoms with van der Waals surface area (Å²) in [5.41, 5.74) is 3.17. The molecule has 3 nitrogen and oxygen atoms in total. The molecule has 0 aromatic carbocycles. The van der Waals surface area contributed by atoms with Crippen LogP contribution in [0.2, 0.25) is 0 Å². The van der Waals surface area contributed by atoms with Crippen LogP contribution in [0.4, 0.5) is 5.69 Å². The van der Waals surface area contributed by atoms with Crippen molar-refractivity contribution in [1.29, 1.82) is 0 Å². The molecule has 0 aliphatic rings. The van der Waals surface area contributed by atoms with Crippen LogP contribution in [0.15, 0.2) is 29.0 Å². The Morgan fingerprint density at radius 1 is 1.10 bits per heavy atom. The molecule has 0 amide bonds. The maximum atomic E-state index is 4.57.